The van der Waals surface area contributed by atoms with Crippen LogP contribution in [0.4, 0.5) is 5.69 Å². The summed E-state index contributed by atoms with van der Waals surface area (Å²) >= 11 is 7.78. The van der Waals surface area contributed by atoms with Gasteiger partial charge in [0.05, 0.1) is 25.5 Å². The number of amidine groups is 1. The number of hydrogen-bond donors (Lipinski definition) is 0. The molecule has 7 heteroatoms. The van der Waals surface area contributed by atoms with Gasteiger partial charge in [-0.05, 0) is 36.8 Å². The third kappa shape index (κ3) is 3.62. The van der Waals surface area contributed by atoms with Crippen molar-refractivity contribution in [1.82, 2.24) is 4.90 Å². The van der Waals surface area contributed by atoms with E-state index < -0.39 is 0 Å². The molecule has 28 heavy (non-hydrogen) atoms. The summed E-state index contributed by atoms with van der Waals surface area (Å²) in [5.74, 6) is 1.55. The molecule has 1 aromatic heterocycles. The number of fused-ring (bicyclic) bond motifs is 1. The lowest BCUT2D eigenvalue weighted by Crippen LogP contribution is -2.32. The van der Waals surface area contributed by atoms with Crippen LogP contribution in [0.15, 0.2) is 52.1 Å². The molecule has 0 N–H and O–H groups in total. The second kappa shape index (κ2) is 7.89. The Morgan fingerprint density at radius 2 is 2.21 bits per heavy atom. The highest BCUT2D eigenvalue weighted by atomic mass is 35.5. The van der Waals surface area contributed by atoms with E-state index in [-0.39, 0.29) is 12.3 Å². The lowest BCUT2D eigenvalue weighted by molar-refractivity contribution is -0.126. The summed E-state index contributed by atoms with van der Waals surface area (Å²) in [6.45, 7) is 2.57. The van der Waals surface area contributed by atoms with Gasteiger partial charge < -0.3 is 9.15 Å². The van der Waals surface area contributed by atoms with Crippen molar-refractivity contribution < 1.29 is 13.9 Å². The average Bonchev–Trinajstić information content (AvgIpc) is 3.32. The maximum atomic E-state index is 13.0. The molecule has 4 rings (SSSR count). The van der Waals surface area contributed by atoms with Gasteiger partial charge in [-0.1, -0.05) is 29.4 Å². The normalized spacial score (nSPS) is 15.5. The second-order valence-corrected chi connectivity index (χ2v) is 7.94. The van der Waals surface area contributed by atoms with E-state index in [9.17, 15) is 4.79 Å². The summed E-state index contributed by atoms with van der Waals surface area (Å²) in [7, 11) is 1.61. The number of furan rings is 1. The van der Waals surface area contributed by atoms with E-state index in [0.717, 1.165) is 33.7 Å². The lowest BCUT2D eigenvalue weighted by Gasteiger charge is -2.16. The molecule has 1 saturated heterocycles. The van der Waals surface area contributed by atoms with Gasteiger partial charge in [0.25, 0.3) is 0 Å². The molecule has 144 valence electrons. The fraction of sp³-hybridized carbons (Fsp3) is 0.238. The van der Waals surface area contributed by atoms with Crippen LogP contribution in [-0.2, 0) is 11.2 Å². The number of benzene rings is 2. The van der Waals surface area contributed by atoms with Crippen LogP contribution in [0.5, 0.6) is 5.75 Å². The number of thioether (sulfide) groups is 1. The highest BCUT2D eigenvalue weighted by Gasteiger charge is 2.27. The van der Waals surface area contributed by atoms with Crippen molar-refractivity contribution in [3.8, 4) is 5.75 Å². The fourth-order valence-corrected chi connectivity index (χ4v) is 4.27. The Balaban J connectivity index is 1.57. The van der Waals surface area contributed by atoms with Gasteiger partial charge in [-0.2, -0.15) is 0 Å². The molecule has 0 aliphatic carbocycles. The molecule has 1 amide bonds. The van der Waals surface area contributed by atoms with Crippen LogP contribution >= 0.6 is 23.4 Å². The molecule has 1 fully saturated rings. The Morgan fingerprint density at radius 3 is 3.04 bits per heavy atom. The standard InChI is InChI=1S/C21H19ClN2O3S/c1-13-17(22)4-3-5-18(13)23-21-24(8-9-28-21)20(25)10-14-12-27-19-11-15(26-2)6-7-16(14)19/h3-7,11-12H,8-10H2,1-2H3. The van der Waals surface area contributed by atoms with Gasteiger partial charge in [0, 0.05) is 34.3 Å². The van der Waals surface area contributed by atoms with Gasteiger partial charge in [0.1, 0.15) is 11.3 Å². The van der Waals surface area contributed by atoms with Crippen molar-refractivity contribution in [3.05, 3.63) is 58.8 Å². The van der Waals surface area contributed by atoms with Crippen molar-refractivity contribution >= 4 is 51.1 Å². The zero-order chi connectivity index (χ0) is 19.7. The number of aliphatic imine (C=N–C) groups is 1. The minimum absolute atomic E-state index is 0.00180. The molecule has 5 nitrogen and oxygen atoms in total. The van der Waals surface area contributed by atoms with Gasteiger partial charge in [-0.25, -0.2) is 4.99 Å². The van der Waals surface area contributed by atoms with E-state index in [0.29, 0.717) is 22.3 Å². The summed E-state index contributed by atoms with van der Waals surface area (Å²) in [5, 5.41) is 2.30. The van der Waals surface area contributed by atoms with Crippen molar-refractivity contribution in [2.45, 2.75) is 13.3 Å². The van der Waals surface area contributed by atoms with Crippen molar-refractivity contribution in [1.29, 1.82) is 0 Å². The van der Waals surface area contributed by atoms with Gasteiger partial charge in [0.2, 0.25) is 5.91 Å². The van der Waals surface area contributed by atoms with E-state index in [1.165, 1.54) is 0 Å². The number of rotatable bonds is 4. The number of amides is 1. The Kier molecular flexibility index (Phi) is 5.33. The van der Waals surface area contributed by atoms with Crippen molar-refractivity contribution in [3.63, 3.8) is 0 Å². The second-order valence-electron chi connectivity index (χ2n) is 6.47. The fourth-order valence-electron chi connectivity index (χ4n) is 3.13. The van der Waals surface area contributed by atoms with Crippen molar-refractivity contribution in [2.24, 2.45) is 4.99 Å². The molecule has 3 aromatic rings. The first kappa shape index (κ1) is 18.9. The molecular formula is C21H19ClN2O3S. The van der Waals surface area contributed by atoms with Crippen LogP contribution in [0.1, 0.15) is 11.1 Å². The number of halogens is 1. The first-order valence-electron chi connectivity index (χ1n) is 8.88. The molecule has 0 radical (unpaired) electrons. The Labute approximate surface area is 172 Å². The van der Waals surface area contributed by atoms with Crippen LogP contribution in [0.25, 0.3) is 11.0 Å². The monoisotopic (exact) mass is 414 g/mol. The Morgan fingerprint density at radius 1 is 1.36 bits per heavy atom. The predicted molar refractivity (Wildman–Crippen MR) is 114 cm³/mol. The van der Waals surface area contributed by atoms with E-state index in [4.69, 9.17) is 25.7 Å². The molecule has 2 heterocycles. The number of carbonyl (C=O) groups excluding carboxylic acids is 1. The van der Waals surface area contributed by atoms with Crippen LogP contribution < -0.4 is 4.74 Å². The van der Waals surface area contributed by atoms with E-state index in [1.54, 1.807) is 30.0 Å². The topological polar surface area (TPSA) is 55.0 Å². The summed E-state index contributed by atoms with van der Waals surface area (Å²) < 4.78 is 10.8. The number of ether oxygens (including phenoxy) is 1. The molecule has 0 saturated carbocycles. The quantitative estimate of drug-likeness (QED) is 0.588. The van der Waals surface area contributed by atoms with Crippen LogP contribution in [-0.4, -0.2) is 35.4 Å². The zero-order valence-corrected chi connectivity index (χ0v) is 17.1. The van der Waals surface area contributed by atoms with Crippen LogP contribution in [0.3, 0.4) is 0 Å². The SMILES string of the molecule is COc1ccc2c(CC(=O)N3CCSC3=Nc3cccc(Cl)c3C)coc2c1. The first-order valence-corrected chi connectivity index (χ1v) is 10.2. The molecule has 0 unspecified atom stereocenters. The number of hydrogen-bond acceptors (Lipinski definition) is 5. The van der Waals surface area contributed by atoms with Gasteiger partial charge in [0.15, 0.2) is 5.17 Å². The third-order valence-electron chi connectivity index (χ3n) is 4.74. The average molecular weight is 415 g/mol. The zero-order valence-electron chi connectivity index (χ0n) is 15.6. The minimum Gasteiger partial charge on any atom is -0.497 e. The molecular weight excluding hydrogens is 396 g/mol. The van der Waals surface area contributed by atoms with E-state index >= 15 is 0 Å². The summed E-state index contributed by atoms with van der Waals surface area (Å²) in [6.07, 6.45) is 1.90. The third-order valence-corrected chi connectivity index (χ3v) is 6.10. The Bertz CT molecular complexity index is 1080. The first-order chi connectivity index (χ1) is 13.6. The summed E-state index contributed by atoms with van der Waals surface area (Å²) in [6, 6.07) is 11.2. The maximum Gasteiger partial charge on any atom is 0.233 e. The molecule has 0 bridgehead atoms. The van der Waals surface area contributed by atoms with Crippen LogP contribution in [0, 0.1) is 6.92 Å². The highest BCUT2D eigenvalue weighted by Crippen LogP contribution is 2.30. The molecule has 2 aromatic carbocycles. The van der Waals surface area contributed by atoms with Crippen LogP contribution in [0.2, 0.25) is 5.02 Å². The van der Waals surface area contributed by atoms with Gasteiger partial charge in [-0.15, -0.1) is 0 Å². The predicted octanol–water partition coefficient (Wildman–Crippen LogP) is 5.21. The molecule has 1 aliphatic heterocycles. The van der Waals surface area contributed by atoms with E-state index in [1.807, 2.05) is 43.3 Å². The lowest BCUT2D eigenvalue weighted by atomic mass is 10.1. The largest absolute Gasteiger partial charge is 0.497 e. The number of nitrogens with zero attached hydrogens (tertiary/aromatic N) is 2. The molecule has 1 aliphatic rings. The van der Waals surface area contributed by atoms with Gasteiger partial charge >= 0.3 is 0 Å². The van der Waals surface area contributed by atoms with E-state index in [2.05, 4.69) is 0 Å². The number of carbonyl (C=O) groups is 1. The summed E-state index contributed by atoms with van der Waals surface area (Å²) in [4.78, 5) is 19.4. The number of methoxy groups -OCH3 is 1. The molecule has 0 atom stereocenters. The Hall–Kier alpha value is -2.44. The molecule has 0 spiro atoms. The summed E-state index contributed by atoms with van der Waals surface area (Å²) in [5.41, 5.74) is 3.26. The highest BCUT2D eigenvalue weighted by molar-refractivity contribution is 8.14. The van der Waals surface area contributed by atoms with Crippen molar-refractivity contribution in [2.75, 3.05) is 19.4 Å². The maximum absolute atomic E-state index is 13.0. The minimum atomic E-state index is 0.00180. The smallest absolute Gasteiger partial charge is 0.233 e. The van der Waals surface area contributed by atoms with Gasteiger partial charge in [-0.3, -0.25) is 9.69 Å².